The molecule has 1 fully saturated rings. The zero-order valence-electron chi connectivity index (χ0n) is 11.4. The van der Waals surface area contributed by atoms with Crippen molar-refractivity contribution in [1.82, 2.24) is 4.90 Å². The minimum absolute atomic E-state index is 0.142. The van der Waals surface area contributed by atoms with E-state index in [4.69, 9.17) is 21.4 Å². The Hall–Kier alpha value is -1.26. The molecule has 1 aromatic rings. The monoisotopic (exact) mass is 297 g/mol. The lowest BCUT2D eigenvalue weighted by Crippen LogP contribution is -2.29. The lowest BCUT2D eigenvalue weighted by molar-refractivity contribution is -0.130. The molecule has 0 radical (unpaired) electrons. The second-order valence-corrected chi connectivity index (χ2v) is 5.47. The minimum Gasteiger partial charge on any atom is -0.492 e. The number of rotatable bonds is 6. The number of hydrogen-bond donors (Lipinski definition) is 1. The molecule has 1 N–H and O–H groups in total. The van der Waals surface area contributed by atoms with Crippen LogP contribution in [0.4, 0.5) is 0 Å². The first kappa shape index (κ1) is 15.1. The Labute approximate surface area is 124 Å². The molecule has 1 heterocycles. The Kier molecular flexibility index (Phi) is 5.68. The number of aliphatic hydroxyl groups is 1. The number of hydrogen-bond acceptors (Lipinski definition) is 3. The van der Waals surface area contributed by atoms with Crippen LogP contribution >= 0.6 is 11.6 Å². The van der Waals surface area contributed by atoms with E-state index in [1.54, 1.807) is 6.07 Å². The molecule has 1 aromatic carbocycles. The van der Waals surface area contributed by atoms with Crippen molar-refractivity contribution in [3.05, 3.63) is 29.3 Å². The minimum atomic E-state index is 0.142. The summed E-state index contributed by atoms with van der Waals surface area (Å²) < 4.78 is 5.55. The molecule has 20 heavy (non-hydrogen) atoms. The van der Waals surface area contributed by atoms with Crippen molar-refractivity contribution < 1.29 is 14.6 Å². The molecule has 4 nitrogen and oxygen atoms in total. The number of ether oxygens (including phenoxy) is 1. The van der Waals surface area contributed by atoms with Crippen molar-refractivity contribution in [3.63, 3.8) is 0 Å². The van der Waals surface area contributed by atoms with Gasteiger partial charge < -0.3 is 14.7 Å². The van der Waals surface area contributed by atoms with Gasteiger partial charge in [0.15, 0.2) is 0 Å². The van der Waals surface area contributed by atoms with Crippen molar-refractivity contribution in [2.24, 2.45) is 5.92 Å². The zero-order valence-corrected chi connectivity index (χ0v) is 12.2. The number of amides is 1. The Bertz CT molecular complexity index is 452. The Morgan fingerprint density at radius 2 is 2.25 bits per heavy atom. The molecule has 0 bridgehead atoms. The molecule has 110 valence electrons. The predicted octanol–water partition coefficient (Wildman–Crippen LogP) is 2.34. The number of aliphatic hydroxyl groups excluding tert-OH is 1. The molecule has 0 spiro atoms. The van der Waals surface area contributed by atoms with Gasteiger partial charge in [0.05, 0.1) is 11.6 Å². The number of likely N-dealkylation sites (tertiary alicyclic amines) is 1. The molecule has 0 aliphatic carbocycles. The Morgan fingerprint density at radius 1 is 1.45 bits per heavy atom. The molecule has 1 atom stereocenters. The van der Waals surface area contributed by atoms with Crippen LogP contribution in [0, 0.1) is 5.92 Å². The van der Waals surface area contributed by atoms with Gasteiger partial charge >= 0.3 is 0 Å². The standard InChI is InChI=1S/C15H20ClNO3/c16-13-4-1-2-5-14(13)20-9-3-6-15(19)17-8-7-12(10-17)11-18/h1-2,4-5,12,18H,3,6-11H2. The molecule has 1 saturated heterocycles. The number of carbonyl (C=O) groups excluding carboxylic acids is 1. The molecule has 0 saturated carbocycles. The van der Waals surface area contributed by atoms with Crippen LogP contribution in [0.25, 0.3) is 0 Å². The van der Waals surface area contributed by atoms with Crippen molar-refractivity contribution >= 4 is 17.5 Å². The number of benzene rings is 1. The summed E-state index contributed by atoms with van der Waals surface area (Å²) in [5, 5.41) is 9.65. The maximum absolute atomic E-state index is 11.9. The topological polar surface area (TPSA) is 49.8 Å². The van der Waals surface area contributed by atoms with Gasteiger partial charge in [-0.1, -0.05) is 23.7 Å². The van der Waals surface area contributed by atoms with E-state index in [0.717, 1.165) is 13.0 Å². The first-order valence-corrected chi connectivity index (χ1v) is 7.34. The fourth-order valence-corrected chi connectivity index (χ4v) is 2.52. The first-order valence-electron chi connectivity index (χ1n) is 6.96. The van der Waals surface area contributed by atoms with Gasteiger partial charge in [-0.05, 0) is 25.0 Å². The van der Waals surface area contributed by atoms with Gasteiger partial charge in [0, 0.05) is 32.0 Å². The highest BCUT2D eigenvalue weighted by atomic mass is 35.5. The van der Waals surface area contributed by atoms with Crippen molar-refractivity contribution in [1.29, 1.82) is 0 Å². The van der Waals surface area contributed by atoms with E-state index in [0.29, 0.717) is 36.8 Å². The van der Waals surface area contributed by atoms with Crippen LogP contribution in [-0.2, 0) is 4.79 Å². The maximum Gasteiger partial charge on any atom is 0.222 e. The second-order valence-electron chi connectivity index (χ2n) is 5.06. The smallest absolute Gasteiger partial charge is 0.222 e. The third-order valence-electron chi connectivity index (χ3n) is 3.53. The van der Waals surface area contributed by atoms with Gasteiger partial charge in [-0.15, -0.1) is 0 Å². The normalized spacial score (nSPS) is 18.3. The third kappa shape index (κ3) is 4.12. The van der Waals surface area contributed by atoms with Crippen LogP contribution in [0.3, 0.4) is 0 Å². The molecule has 1 aliphatic rings. The molecule has 0 aromatic heterocycles. The summed E-state index contributed by atoms with van der Waals surface area (Å²) in [6.07, 6.45) is 2.05. The summed E-state index contributed by atoms with van der Waals surface area (Å²) in [7, 11) is 0. The summed E-state index contributed by atoms with van der Waals surface area (Å²) in [5.41, 5.74) is 0. The molecular weight excluding hydrogens is 278 g/mol. The fourth-order valence-electron chi connectivity index (χ4n) is 2.33. The highest BCUT2D eigenvalue weighted by Crippen LogP contribution is 2.23. The highest BCUT2D eigenvalue weighted by molar-refractivity contribution is 6.32. The van der Waals surface area contributed by atoms with Crippen molar-refractivity contribution in [2.45, 2.75) is 19.3 Å². The largest absolute Gasteiger partial charge is 0.492 e. The lowest BCUT2D eigenvalue weighted by atomic mass is 10.1. The number of halogens is 1. The van der Waals surface area contributed by atoms with Crippen molar-refractivity contribution in [3.8, 4) is 5.75 Å². The van der Waals surface area contributed by atoms with Gasteiger partial charge in [0.25, 0.3) is 0 Å². The quantitative estimate of drug-likeness (QED) is 0.820. The average molecular weight is 298 g/mol. The summed E-state index contributed by atoms with van der Waals surface area (Å²) in [6, 6.07) is 7.31. The van der Waals surface area contributed by atoms with Crippen LogP contribution in [0.2, 0.25) is 5.02 Å². The first-order chi connectivity index (χ1) is 9.70. The number of nitrogens with zero attached hydrogens (tertiary/aromatic N) is 1. The van der Waals surface area contributed by atoms with Gasteiger partial charge in [0.1, 0.15) is 5.75 Å². The van der Waals surface area contributed by atoms with E-state index < -0.39 is 0 Å². The van der Waals surface area contributed by atoms with Gasteiger partial charge in [-0.25, -0.2) is 0 Å². The van der Waals surface area contributed by atoms with Gasteiger partial charge in [-0.3, -0.25) is 4.79 Å². The van der Waals surface area contributed by atoms with E-state index in [1.165, 1.54) is 0 Å². The fraction of sp³-hybridized carbons (Fsp3) is 0.533. The molecular formula is C15H20ClNO3. The zero-order chi connectivity index (χ0) is 14.4. The van der Waals surface area contributed by atoms with Crippen LogP contribution in [0.5, 0.6) is 5.75 Å². The summed E-state index contributed by atoms with van der Waals surface area (Å²) in [5.74, 6) is 1.05. The van der Waals surface area contributed by atoms with Gasteiger partial charge in [0.2, 0.25) is 5.91 Å². The van der Waals surface area contributed by atoms with E-state index in [9.17, 15) is 4.79 Å². The molecule has 1 amide bonds. The SMILES string of the molecule is O=C(CCCOc1ccccc1Cl)N1CCC(CO)C1. The molecule has 1 aliphatic heterocycles. The maximum atomic E-state index is 11.9. The molecule has 2 rings (SSSR count). The van der Waals surface area contributed by atoms with Crippen LogP contribution < -0.4 is 4.74 Å². The third-order valence-corrected chi connectivity index (χ3v) is 3.84. The van der Waals surface area contributed by atoms with Crippen molar-refractivity contribution in [2.75, 3.05) is 26.3 Å². The second kappa shape index (κ2) is 7.50. The predicted molar refractivity (Wildman–Crippen MR) is 78.0 cm³/mol. The highest BCUT2D eigenvalue weighted by Gasteiger charge is 2.24. The van der Waals surface area contributed by atoms with Gasteiger partial charge in [-0.2, -0.15) is 0 Å². The summed E-state index contributed by atoms with van der Waals surface area (Å²) >= 11 is 5.98. The number of carbonyl (C=O) groups is 1. The Morgan fingerprint density at radius 3 is 2.95 bits per heavy atom. The van der Waals surface area contributed by atoms with E-state index in [2.05, 4.69) is 0 Å². The number of para-hydroxylation sites is 1. The van der Waals surface area contributed by atoms with E-state index in [1.807, 2.05) is 23.1 Å². The van der Waals surface area contributed by atoms with Crippen LogP contribution in [0.15, 0.2) is 24.3 Å². The summed E-state index contributed by atoms with van der Waals surface area (Å²) in [4.78, 5) is 13.8. The van der Waals surface area contributed by atoms with E-state index in [-0.39, 0.29) is 18.4 Å². The Balaban J connectivity index is 1.66. The molecule has 5 heteroatoms. The van der Waals surface area contributed by atoms with Crippen LogP contribution in [-0.4, -0.2) is 42.2 Å². The lowest BCUT2D eigenvalue weighted by Gasteiger charge is -2.16. The van der Waals surface area contributed by atoms with E-state index >= 15 is 0 Å². The molecule has 1 unspecified atom stereocenters. The summed E-state index contributed by atoms with van der Waals surface area (Å²) in [6.45, 7) is 2.09. The van der Waals surface area contributed by atoms with Crippen LogP contribution in [0.1, 0.15) is 19.3 Å². The average Bonchev–Trinajstić information content (AvgIpc) is 2.94.